The lowest BCUT2D eigenvalue weighted by Gasteiger charge is -2.07. The molecule has 0 aliphatic heterocycles. The Labute approximate surface area is 162 Å². The van der Waals surface area contributed by atoms with Crippen LogP contribution in [0, 0.1) is 6.92 Å². The van der Waals surface area contributed by atoms with Gasteiger partial charge in [-0.15, -0.1) is 11.8 Å². The number of anilines is 1. The van der Waals surface area contributed by atoms with Gasteiger partial charge in [0.05, 0.1) is 5.75 Å². The first-order valence-electron chi connectivity index (χ1n) is 8.28. The van der Waals surface area contributed by atoms with Gasteiger partial charge in [-0.1, -0.05) is 41.6 Å². The standard InChI is InChI=1S/C20H21N3OS2/c1-15-4-3-5-16(12-15)13-25-14-19(24)22-17-6-8-18(9-7-17)26-20-21-10-11-23(20)2/h3-12H,13-14H2,1-2H3,(H,22,24). The molecule has 6 heteroatoms. The molecule has 0 bridgehead atoms. The highest BCUT2D eigenvalue weighted by atomic mass is 32.2. The lowest BCUT2D eigenvalue weighted by Crippen LogP contribution is -2.14. The Morgan fingerprint density at radius 2 is 2.00 bits per heavy atom. The van der Waals surface area contributed by atoms with E-state index in [1.165, 1.54) is 11.1 Å². The van der Waals surface area contributed by atoms with Gasteiger partial charge in [0.15, 0.2) is 5.16 Å². The van der Waals surface area contributed by atoms with Gasteiger partial charge in [-0.05, 0) is 36.8 Å². The lowest BCUT2D eigenvalue weighted by atomic mass is 10.2. The van der Waals surface area contributed by atoms with Crippen LogP contribution in [0.2, 0.25) is 0 Å². The third-order valence-electron chi connectivity index (χ3n) is 3.71. The number of nitrogens with zero attached hydrogens (tertiary/aromatic N) is 2. The molecule has 0 unspecified atom stereocenters. The fourth-order valence-corrected chi connectivity index (χ4v) is 4.00. The van der Waals surface area contributed by atoms with Crippen LogP contribution in [0.1, 0.15) is 11.1 Å². The van der Waals surface area contributed by atoms with E-state index in [1.807, 2.05) is 42.1 Å². The molecule has 0 saturated heterocycles. The van der Waals surface area contributed by atoms with Crippen molar-refractivity contribution in [2.24, 2.45) is 7.05 Å². The number of rotatable bonds is 7. The van der Waals surface area contributed by atoms with Crippen molar-refractivity contribution < 1.29 is 4.79 Å². The third-order valence-corrected chi connectivity index (χ3v) is 5.80. The molecule has 0 spiro atoms. The quantitative estimate of drug-likeness (QED) is 0.639. The summed E-state index contributed by atoms with van der Waals surface area (Å²) < 4.78 is 1.98. The van der Waals surface area contributed by atoms with E-state index >= 15 is 0 Å². The molecule has 26 heavy (non-hydrogen) atoms. The molecule has 3 rings (SSSR count). The highest BCUT2D eigenvalue weighted by Crippen LogP contribution is 2.26. The van der Waals surface area contributed by atoms with Crippen molar-refractivity contribution in [1.29, 1.82) is 0 Å². The Morgan fingerprint density at radius 1 is 1.19 bits per heavy atom. The van der Waals surface area contributed by atoms with E-state index in [0.717, 1.165) is 21.5 Å². The minimum Gasteiger partial charge on any atom is -0.329 e. The summed E-state index contributed by atoms with van der Waals surface area (Å²) in [5.74, 6) is 1.30. The highest BCUT2D eigenvalue weighted by molar-refractivity contribution is 7.99. The van der Waals surface area contributed by atoms with Gasteiger partial charge in [0, 0.05) is 35.8 Å². The molecule has 0 saturated carbocycles. The monoisotopic (exact) mass is 383 g/mol. The normalized spacial score (nSPS) is 10.7. The maximum Gasteiger partial charge on any atom is 0.234 e. The second kappa shape index (κ2) is 8.96. The average molecular weight is 384 g/mol. The molecule has 1 N–H and O–H groups in total. The Kier molecular flexibility index (Phi) is 6.41. The Bertz CT molecular complexity index is 875. The van der Waals surface area contributed by atoms with Crippen molar-refractivity contribution >= 4 is 35.1 Å². The van der Waals surface area contributed by atoms with Gasteiger partial charge < -0.3 is 9.88 Å². The molecular weight excluding hydrogens is 362 g/mol. The molecule has 2 aromatic carbocycles. The summed E-state index contributed by atoms with van der Waals surface area (Å²) in [6.07, 6.45) is 3.71. The molecule has 0 atom stereocenters. The van der Waals surface area contributed by atoms with E-state index in [1.54, 1.807) is 29.7 Å². The van der Waals surface area contributed by atoms with Gasteiger partial charge in [0.1, 0.15) is 0 Å². The number of benzene rings is 2. The summed E-state index contributed by atoms with van der Waals surface area (Å²) >= 11 is 3.22. The Balaban J connectivity index is 1.46. The number of carbonyl (C=O) groups is 1. The number of aromatic nitrogens is 2. The zero-order chi connectivity index (χ0) is 18.4. The molecular formula is C20H21N3OS2. The molecule has 1 aromatic heterocycles. The van der Waals surface area contributed by atoms with Gasteiger partial charge >= 0.3 is 0 Å². The Morgan fingerprint density at radius 3 is 2.69 bits per heavy atom. The molecule has 4 nitrogen and oxygen atoms in total. The van der Waals surface area contributed by atoms with E-state index in [-0.39, 0.29) is 5.91 Å². The topological polar surface area (TPSA) is 46.9 Å². The van der Waals surface area contributed by atoms with Gasteiger partial charge in [0.2, 0.25) is 5.91 Å². The third kappa shape index (κ3) is 5.41. The van der Waals surface area contributed by atoms with Crippen LogP contribution < -0.4 is 5.32 Å². The van der Waals surface area contributed by atoms with Crippen LogP contribution in [0.15, 0.2) is 71.0 Å². The molecule has 0 fully saturated rings. The van der Waals surface area contributed by atoms with Crippen LogP contribution >= 0.6 is 23.5 Å². The molecule has 0 radical (unpaired) electrons. The van der Waals surface area contributed by atoms with E-state index in [2.05, 4.69) is 41.5 Å². The zero-order valence-electron chi connectivity index (χ0n) is 14.8. The maximum atomic E-state index is 12.1. The summed E-state index contributed by atoms with van der Waals surface area (Å²) in [7, 11) is 1.97. The average Bonchev–Trinajstić information content (AvgIpc) is 3.01. The Hall–Kier alpha value is -2.18. The van der Waals surface area contributed by atoms with Gasteiger partial charge in [-0.2, -0.15) is 0 Å². The summed E-state index contributed by atoms with van der Waals surface area (Å²) in [6, 6.07) is 16.2. The van der Waals surface area contributed by atoms with Crippen molar-refractivity contribution in [2.75, 3.05) is 11.1 Å². The van der Waals surface area contributed by atoms with E-state index in [4.69, 9.17) is 0 Å². The van der Waals surface area contributed by atoms with Crippen LogP contribution in [0.3, 0.4) is 0 Å². The number of aryl methyl sites for hydroxylation is 2. The van der Waals surface area contributed by atoms with Crippen LogP contribution in [0.4, 0.5) is 5.69 Å². The van der Waals surface area contributed by atoms with Crippen molar-refractivity contribution in [3.63, 3.8) is 0 Å². The molecule has 3 aromatic rings. The van der Waals surface area contributed by atoms with Crippen molar-refractivity contribution in [3.05, 3.63) is 72.1 Å². The van der Waals surface area contributed by atoms with Crippen LogP contribution in [0.25, 0.3) is 0 Å². The van der Waals surface area contributed by atoms with E-state index in [9.17, 15) is 4.79 Å². The number of carbonyl (C=O) groups excluding carboxylic acids is 1. The van der Waals surface area contributed by atoms with Gasteiger partial charge in [0.25, 0.3) is 0 Å². The first kappa shape index (κ1) is 18.6. The number of thioether (sulfide) groups is 1. The summed E-state index contributed by atoms with van der Waals surface area (Å²) in [5, 5.41) is 3.89. The van der Waals surface area contributed by atoms with Gasteiger partial charge in [-0.3, -0.25) is 4.79 Å². The molecule has 1 heterocycles. The molecule has 1 amide bonds. The van der Waals surface area contributed by atoms with Crippen LogP contribution in [-0.4, -0.2) is 21.2 Å². The first-order valence-corrected chi connectivity index (χ1v) is 10.3. The fraction of sp³-hybridized carbons (Fsp3) is 0.200. The minimum absolute atomic E-state index is 0.0205. The highest BCUT2D eigenvalue weighted by Gasteiger charge is 2.05. The number of nitrogens with one attached hydrogen (secondary N) is 1. The number of imidazole rings is 1. The number of hydrogen-bond donors (Lipinski definition) is 1. The molecule has 0 aliphatic rings. The van der Waals surface area contributed by atoms with Gasteiger partial charge in [-0.25, -0.2) is 4.98 Å². The lowest BCUT2D eigenvalue weighted by molar-refractivity contribution is -0.113. The zero-order valence-corrected chi connectivity index (χ0v) is 16.4. The van der Waals surface area contributed by atoms with E-state index < -0.39 is 0 Å². The van der Waals surface area contributed by atoms with Crippen LogP contribution in [0.5, 0.6) is 0 Å². The van der Waals surface area contributed by atoms with Crippen molar-refractivity contribution in [3.8, 4) is 0 Å². The van der Waals surface area contributed by atoms with Crippen LogP contribution in [-0.2, 0) is 17.6 Å². The van der Waals surface area contributed by atoms with Crippen molar-refractivity contribution in [1.82, 2.24) is 9.55 Å². The summed E-state index contributed by atoms with van der Waals surface area (Å²) in [6.45, 7) is 2.08. The largest absolute Gasteiger partial charge is 0.329 e. The molecule has 134 valence electrons. The second-order valence-electron chi connectivity index (χ2n) is 5.98. The predicted molar refractivity (Wildman–Crippen MR) is 110 cm³/mol. The van der Waals surface area contributed by atoms with E-state index in [0.29, 0.717) is 5.75 Å². The number of hydrogen-bond acceptors (Lipinski definition) is 4. The summed E-state index contributed by atoms with van der Waals surface area (Å²) in [4.78, 5) is 17.5. The second-order valence-corrected chi connectivity index (χ2v) is 8.00. The molecule has 0 aliphatic carbocycles. The number of amides is 1. The smallest absolute Gasteiger partial charge is 0.234 e. The SMILES string of the molecule is Cc1cccc(CSCC(=O)Nc2ccc(Sc3nccn3C)cc2)c1. The predicted octanol–water partition coefficient (Wildman–Crippen LogP) is 4.75. The fourth-order valence-electron chi connectivity index (χ4n) is 2.42. The maximum absolute atomic E-state index is 12.1. The first-order chi connectivity index (χ1) is 12.6. The minimum atomic E-state index is 0.0205. The summed E-state index contributed by atoms with van der Waals surface area (Å²) in [5.41, 5.74) is 3.31. The van der Waals surface area contributed by atoms with Crippen molar-refractivity contribution in [2.45, 2.75) is 22.7 Å².